The van der Waals surface area contributed by atoms with Crippen molar-refractivity contribution in [2.75, 3.05) is 6.54 Å². The molecule has 172 valence electrons. The number of hydrogen-bond acceptors (Lipinski definition) is 5. The number of rotatable bonds is 10. The van der Waals surface area contributed by atoms with E-state index in [9.17, 15) is 24.3 Å². The number of carboxylic acids is 1. The van der Waals surface area contributed by atoms with Crippen LogP contribution in [0.1, 0.15) is 60.8 Å². The molecule has 0 bridgehead atoms. The summed E-state index contributed by atoms with van der Waals surface area (Å²) in [6.07, 6.45) is 1.51. The lowest BCUT2D eigenvalue weighted by Crippen LogP contribution is -2.57. The molecule has 0 spiro atoms. The fourth-order valence-corrected chi connectivity index (χ4v) is 3.53. The first-order valence-corrected chi connectivity index (χ1v) is 10.8. The Morgan fingerprint density at radius 3 is 2.10 bits per heavy atom. The molecule has 3 amide bonds. The van der Waals surface area contributed by atoms with Gasteiger partial charge in [0.2, 0.25) is 17.7 Å². The van der Waals surface area contributed by atoms with Crippen molar-refractivity contribution in [3.8, 4) is 0 Å². The number of carbonyl (C=O) groups excluding carboxylic acids is 3. The van der Waals surface area contributed by atoms with Crippen LogP contribution in [-0.4, -0.2) is 64.4 Å². The summed E-state index contributed by atoms with van der Waals surface area (Å²) in [7, 11) is 0. The summed E-state index contributed by atoms with van der Waals surface area (Å²) in [5.41, 5.74) is 5.92. The van der Waals surface area contributed by atoms with Crippen LogP contribution in [0.2, 0.25) is 0 Å². The summed E-state index contributed by atoms with van der Waals surface area (Å²) in [4.78, 5) is 51.4. The normalized spacial score (nSPS) is 19.7. The van der Waals surface area contributed by atoms with Crippen LogP contribution < -0.4 is 16.4 Å². The van der Waals surface area contributed by atoms with Crippen LogP contribution in [0, 0.1) is 17.8 Å². The lowest BCUT2D eigenvalue weighted by Gasteiger charge is -2.31. The van der Waals surface area contributed by atoms with E-state index in [0.717, 1.165) is 0 Å². The number of nitrogens with two attached hydrogens (primary N) is 1. The number of carboxylic acid groups (broad SMARTS) is 1. The predicted molar refractivity (Wildman–Crippen MR) is 113 cm³/mol. The summed E-state index contributed by atoms with van der Waals surface area (Å²) < 4.78 is 0. The number of carbonyl (C=O) groups is 4. The van der Waals surface area contributed by atoms with E-state index in [0.29, 0.717) is 25.8 Å². The van der Waals surface area contributed by atoms with Gasteiger partial charge in [-0.25, -0.2) is 4.79 Å². The minimum absolute atomic E-state index is 0.0749. The molecule has 0 aliphatic carbocycles. The highest BCUT2D eigenvalue weighted by Gasteiger charge is 2.39. The molecule has 0 radical (unpaired) electrons. The van der Waals surface area contributed by atoms with Crippen LogP contribution in [0.25, 0.3) is 0 Å². The molecule has 0 saturated carbocycles. The van der Waals surface area contributed by atoms with Gasteiger partial charge in [-0.05, 0) is 37.0 Å². The standard InChI is InChI=1S/C21H38N4O5/c1-11(2)10-14(23-19(27)16(22)12(3)4)20(28)25-9-7-8-15(25)18(26)24-17(13(5)6)21(29)30/h11-17H,7-10,22H2,1-6H3,(H,23,27)(H,24,26)(H,29,30)/t14-,15-,16-,17-/m0/s1. The van der Waals surface area contributed by atoms with E-state index in [2.05, 4.69) is 10.6 Å². The van der Waals surface area contributed by atoms with Crippen LogP contribution in [0.4, 0.5) is 0 Å². The Kier molecular flexibility index (Phi) is 9.74. The maximum absolute atomic E-state index is 13.3. The Balaban J connectivity index is 2.97. The zero-order chi connectivity index (χ0) is 23.2. The van der Waals surface area contributed by atoms with Gasteiger partial charge in [-0.15, -0.1) is 0 Å². The number of nitrogens with zero attached hydrogens (tertiary/aromatic N) is 1. The third-order valence-electron chi connectivity index (χ3n) is 5.41. The van der Waals surface area contributed by atoms with Gasteiger partial charge < -0.3 is 26.4 Å². The van der Waals surface area contributed by atoms with Gasteiger partial charge in [-0.3, -0.25) is 14.4 Å². The van der Waals surface area contributed by atoms with Gasteiger partial charge in [-0.2, -0.15) is 0 Å². The molecule has 9 heteroatoms. The molecule has 1 rings (SSSR count). The lowest BCUT2D eigenvalue weighted by molar-refractivity contribution is -0.146. The molecule has 1 saturated heterocycles. The molecule has 9 nitrogen and oxygen atoms in total. The van der Waals surface area contributed by atoms with Crippen molar-refractivity contribution in [2.24, 2.45) is 23.5 Å². The molecule has 0 unspecified atom stereocenters. The highest BCUT2D eigenvalue weighted by Crippen LogP contribution is 2.21. The maximum atomic E-state index is 13.3. The van der Waals surface area contributed by atoms with Crippen molar-refractivity contribution in [3.63, 3.8) is 0 Å². The second-order valence-electron chi connectivity index (χ2n) is 9.22. The predicted octanol–water partition coefficient (Wildman–Crippen LogP) is 0.717. The molecule has 30 heavy (non-hydrogen) atoms. The van der Waals surface area contributed by atoms with Crippen molar-refractivity contribution >= 4 is 23.7 Å². The first kappa shape index (κ1) is 25.9. The van der Waals surface area contributed by atoms with Gasteiger partial charge in [0, 0.05) is 6.54 Å². The number of nitrogens with one attached hydrogen (secondary N) is 2. The Hall–Kier alpha value is -2.16. The van der Waals surface area contributed by atoms with E-state index in [4.69, 9.17) is 5.73 Å². The van der Waals surface area contributed by atoms with Crippen molar-refractivity contribution in [1.29, 1.82) is 0 Å². The van der Waals surface area contributed by atoms with Gasteiger partial charge in [0.25, 0.3) is 0 Å². The van der Waals surface area contributed by atoms with Crippen LogP contribution >= 0.6 is 0 Å². The van der Waals surface area contributed by atoms with Crippen molar-refractivity contribution in [2.45, 2.75) is 85.0 Å². The third kappa shape index (κ3) is 6.97. The molecule has 1 aliphatic heterocycles. The average Bonchev–Trinajstić information content (AvgIpc) is 3.12. The Morgan fingerprint density at radius 2 is 1.63 bits per heavy atom. The summed E-state index contributed by atoms with van der Waals surface area (Å²) >= 11 is 0. The summed E-state index contributed by atoms with van der Waals surface area (Å²) in [6.45, 7) is 11.4. The first-order chi connectivity index (χ1) is 13.9. The van der Waals surface area contributed by atoms with Gasteiger partial charge >= 0.3 is 5.97 Å². The smallest absolute Gasteiger partial charge is 0.326 e. The molecule has 1 aliphatic rings. The first-order valence-electron chi connectivity index (χ1n) is 10.8. The molecule has 0 aromatic heterocycles. The highest BCUT2D eigenvalue weighted by atomic mass is 16.4. The van der Waals surface area contributed by atoms with Crippen LogP contribution in [0.3, 0.4) is 0 Å². The van der Waals surface area contributed by atoms with Crippen molar-refractivity contribution in [3.05, 3.63) is 0 Å². The zero-order valence-corrected chi connectivity index (χ0v) is 19.0. The second kappa shape index (κ2) is 11.3. The summed E-state index contributed by atoms with van der Waals surface area (Å²) in [5.74, 6) is -2.53. The van der Waals surface area contributed by atoms with Gasteiger partial charge in [0.05, 0.1) is 6.04 Å². The van der Waals surface area contributed by atoms with Gasteiger partial charge in [-0.1, -0.05) is 41.5 Å². The zero-order valence-electron chi connectivity index (χ0n) is 19.0. The molecule has 4 atom stereocenters. The monoisotopic (exact) mass is 426 g/mol. The summed E-state index contributed by atoms with van der Waals surface area (Å²) in [5, 5.41) is 14.7. The Morgan fingerprint density at radius 1 is 1.03 bits per heavy atom. The number of hydrogen-bond donors (Lipinski definition) is 4. The van der Waals surface area contributed by atoms with E-state index in [-0.39, 0.29) is 23.7 Å². The van der Waals surface area contributed by atoms with Crippen LogP contribution in [-0.2, 0) is 19.2 Å². The molecular formula is C21H38N4O5. The molecule has 0 aromatic carbocycles. The quantitative estimate of drug-likeness (QED) is 0.405. The topological polar surface area (TPSA) is 142 Å². The highest BCUT2D eigenvalue weighted by molar-refractivity contribution is 5.94. The van der Waals surface area contributed by atoms with E-state index in [1.54, 1.807) is 13.8 Å². The van der Waals surface area contributed by atoms with Gasteiger partial charge in [0.15, 0.2) is 0 Å². The van der Waals surface area contributed by atoms with E-state index in [1.165, 1.54) is 4.90 Å². The Labute approximate surface area is 179 Å². The number of amides is 3. The Bertz CT molecular complexity index is 635. The van der Waals surface area contributed by atoms with E-state index >= 15 is 0 Å². The summed E-state index contributed by atoms with van der Waals surface area (Å²) in [6, 6.07) is -3.28. The average molecular weight is 427 g/mol. The second-order valence-corrected chi connectivity index (χ2v) is 9.22. The molecular weight excluding hydrogens is 388 g/mol. The minimum atomic E-state index is -1.11. The number of aliphatic carboxylic acids is 1. The van der Waals surface area contributed by atoms with Crippen molar-refractivity contribution in [1.82, 2.24) is 15.5 Å². The molecule has 1 fully saturated rings. The lowest BCUT2D eigenvalue weighted by atomic mass is 9.99. The van der Waals surface area contributed by atoms with Gasteiger partial charge in [0.1, 0.15) is 18.1 Å². The SMILES string of the molecule is CC(C)C[C@H](NC(=O)[C@@H](N)C(C)C)C(=O)N1CCC[C@H]1C(=O)N[C@H](C(=O)O)C(C)C. The molecule has 5 N–H and O–H groups in total. The minimum Gasteiger partial charge on any atom is -0.480 e. The van der Waals surface area contributed by atoms with E-state index in [1.807, 2.05) is 27.7 Å². The molecule has 0 aromatic rings. The fraction of sp³-hybridized carbons (Fsp3) is 0.810. The maximum Gasteiger partial charge on any atom is 0.326 e. The fourth-order valence-electron chi connectivity index (χ4n) is 3.53. The molecule has 1 heterocycles. The number of likely N-dealkylation sites (tertiary alicyclic amines) is 1. The largest absolute Gasteiger partial charge is 0.480 e. The van der Waals surface area contributed by atoms with Crippen molar-refractivity contribution < 1.29 is 24.3 Å². The van der Waals surface area contributed by atoms with Crippen LogP contribution in [0.15, 0.2) is 0 Å². The third-order valence-corrected chi connectivity index (χ3v) is 5.41. The van der Waals surface area contributed by atoms with E-state index < -0.39 is 42.0 Å². The van der Waals surface area contributed by atoms with Crippen LogP contribution in [0.5, 0.6) is 0 Å².